The molecule has 0 aliphatic heterocycles. The summed E-state index contributed by atoms with van der Waals surface area (Å²) >= 11 is 0. The molecule has 0 amide bonds. The van der Waals surface area contributed by atoms with Gasteiger partial charge in [0.2, 0.25) is 0 Å². The predicted octanol–water partition coefficient (Wildman–Crippen LogP) is 4.73. The molecule has 5 heteroatoms. The zero-order chi connectivity index (χ0) is 21.2. The van der Waals surface area contributed by atoms with Crippen LogP contribution < -0.4 is 0 Å². The molecule has 1 saturated carbocycles. The fourth-order valence-corrected chi connectivity index (χ4v) is 5.11. The van der Waals surface area contributed by atoms with Gasteiger partial charge in [-0.3, -0.25) is 0 Å². The van der Waals surface area contributed by atoms with E-state index >= 15 is 0 Å². The number of carbonyl (C=O) groups excluding carboxylic acids is 1. The zero-order valence-corrected chi connectivity index (χ0v) is 19.1. The molecule has 1 aromatic rings. The quantitative estimate of drug-likeness (QED) is 0.405. The average molecular weight is 405 g/mol. The predicted molar refractivity (Wildman–Crippen MR) is 116 cm³/mol. The number of hydrogen-bond donors (Lipinski definition) is 1. The summed E-state index contributed by atoms with van der Waals surface area (Å²) in [6, 6.07) is 9.92. The number of rotatable bonds is 7. The molecule has 156 valence electrons. The number of hydrogen-bond acceptors (Lipinski definition) is 4. The van der Waals surface area contributed by atoms with E-state index < -0.39 is 25.9 Å². The van der Waals surface area contributed by atoms with Crippen molar-refractivity contribution >= 4 is 14.6 Å². The first-order valence-corrected chi connectivity index (χ1v) is 13.0. The van der Waals surface area contributed by atoms with E-state index in [0.29, 0.717) is 19.3 Å². The molecule has 0 bridgehead atoms. The number of benzene rings is 1. The molecule has 0 saturated heterocycles. The second-order valence-corrected chi connectivity index (χ2v) is 14.4. The molecule has 4 nitrogen and oxygen atoms in total. The fourth-order valence-electron chi connectivity index (χ4n) is 3.71. The molecule has 5 atom stereocenters. The smallest absolute Gasteiger partial charge is 0.192 e. The van der Waals surface area contributed by atoms with Crippen molar-refractivity contribution in [2.75, 3.05) is 0 Å². The Morgan fingerprint density at radius 3 is 2.36 bits per heavy atom. The molecule has 1 N–H and O–H groups in total. The summed E-state index contributed by atoms with van der Waals surface area (Å²) in [7, 11) is -2.07. The monoisotopic (exact) mass is 404 g/mol. The summed E-state index contributed by atoms with van der Waals surface area (Å²) in [6.45, 7) is 17.4. The van der Waals surface area contributed by atoms with Gasteiger partial charge in [-0.15, -0.1) is 6.58 Å². The number of ether oxygens (including phenoxy) is 1. The van der Waals surface area contributed by atoms with Gasteiger partial charge in [0.05, 0.1) is 18.8 Å². The Labute approximate surface area is 171 Å². The zero-order valence-electron chi connectivity index (χ0n) is 18.1. The van der Waals surface area contributed by atoms with Crippen molar-refractivity contribution < 1.29 is 19.1 Å². The molecule has 2 rings (SSSR count). The van der Waals surface area contributed by atoms with Gasteiger partial charge in [-0.1, -0.05) is 64.1 Å². The van der Waals surface area contributed by atoms with E-state index in [1.165, 1.54) is 0 Å². The van der Waals surface area contributed by atoms with Crippen molar-refractivity contribution in [1.29, 1.82) is 0 Å². The summed E-state index contributed by atoms with van der Waals surface area (Å²) in [6.07, 6.45) is 2.01. The molecule has 0 spiro atoms. The Bertz CT molecular complexity index is 667. The Balaban J connectivity index is 2.35. The number of aliphatic hydroxyl groups is 1. The van der Waals surface area contributed by atoms with Crippen LogP contribution in [0.4, 0.5) is 0 Å². The summed E-state index contributed by atoms with van der Waals surface area (Å²) in [5, 5.41) is 11.0. The molecule has 1 aliphatic rings. The lowest BCUT2D eigenvalue weighted by Gasteiger charge is -2.51. The van der Waals surface area contributed by atoms with Gasteiger partial charge in [0.25, 0.3) is 0 Å². The van der Waals surface area contributed by atoms with Gasteiger partial charge in [0.1, 0.15) is 5.60 Å². The van der Waals surface area contributed by atoms with Crippen molar-refractivity contribution in [2.45, 2.75) is 76.7 Å². The second-order valence-electron chi connectivity index (χ2n) is 9.66. The summed E-state index contributed by atoms with van der Waals surface area (Å²) in [5.41, 5.74) is -0.431. The molecule has 1 aromatic carbocycles. The van der Waals surface area contributed by atoms with Crippen LogP contribution in [0.3, 0.4) is 0 Å². The van der Waals surface area contributed by atoms with Crippen molar-refractivity contribution in [3.05, 3.63) is 48.6 Å². The van der Waals surface area contributed by atoms with Crippen LogP contribution in [0.5, 0.6) is 0 Å². The lowest BCUT2D eigenvalue weighted by atomic mass is 9.68. The van der Waals surface area contributed by atoms with E-state index in [4.69, 9.17) is 9.16 Å². The molecule has 0 radical (unpaired) electrons. The molecule has 0 aromatic heterocycles. The Morgan fingerprint density at radius 1 is 1.25 bits per heavy atom. The molecule has 1 aliphatic carbocycles. The van der Waals surface area contributed by atoms with Gasteiger partial charge in [-0.2, -0.15) is 0 Å². The average Bonchev–Trinajstić information content (AvgIpc) is 2.62. The molecule has 1 fully saturated rings. The Hall–Kier alpha value is -1.27. The van der Waals surface area contributed by atoms with Crippen LogP contribution in [0.25, 0.3) is 0 Å². The Morgan fingerprint density at radius 2 is 1.86 bits per heavy atom. The summed E-state index contributed by atoms with van der Waals surface area (Å²) in [5.74, 6) is -0.527. The van der Waals surface area contributed by atoms with Crippen LogP contribution in [0.15, 0.2) is 43.0 Å². The van der Waals surface area contributed by atoms with E-state index in [1.54, 1.807) is 6.08 Å². The standard InChI is InChI=1S/C23H36O4Si/c1-8-19-21(26-15-18-12-10-9-11-13-18)20(17(2)14-23(19,25)16-24)27-28(6,7)22(3,4)5/h8-13,16-17,19-21,25H,1,14-15H2,2-7H3/t17-,19+,20-,21-,23+/m1/s1. The van der Waals surface area contributed by atoms with E-state index in [0.717, 1.165) is 5.56 Å². The van der Waals surface area contributed by atoms with Crippen LogP contribution in [0.1, 0.15) is 39.7 Å². The van der Waals surface area contributed by atoms with Crippen LogP contribution in [-0.2, 0) is 20.6 Å². The molecule has 0 unspecified atom stereocenters. The van der Waals surface area contributed by atoms with Crippen molar-refractivity contribution in [2.24, 2.45) is 11.8 Å². The number of aldehydes is 1. The molecule has 0 heterocycles. The molecular formula is C23H36O4Si. The second kappa shape index (κ2) is 8.62. The minimum absolute atomic E-state index is 0.0127. The van der Waals surface area contributed by atoms with Crippen LogP contribution in [0, 0.1) is 11.8 Å². The maximum absolute atomic E-state index is 11.8. The lowest BCUT2D eigenvalue weighted by Crippen LogP contribution is -2.61. The first kappa shape index (κ1) is 23.0. The van der Waals surface area contributed by atoms with Crippen LogP contribution >= 0.6 is 0 Å². The molecule has 28 heavy (non-hydrogen) atoms. The maximum Gasteiger partial charge on any atom is 0.192 e. The molecular weight excluding hydrogens is 368 g/mol. The SMILES string of the molecule is C=C[C@H]1[C@@H](OCc2ccccc2)[C@H](O[Si](C)(C)C(C)(C)C)[C@H](C)C[C@]1(O)C=O. The van der Waals surface area contributed by atoms with E-state index in [1.807, 2.05) is 37.3 Å². The van der Waals surface area contributed by atoms with Gasteiger partial charge in [0.15, 0.2) is 14.6 Å². The number of carbonyl (C=O) groups is 1. The third-order valence-electron chi connectivity index (χ3n) is 6.44. The minimum atomic E-state index is -2.07. The highest BCUT2D eigenvalue weighted by molar-refractivity contribution is 6.74. The third-order valence-corrected chi connectivity index (χ3v) is 10.9. The van der Waals surface area contributed by atoms with Crippen molar-refractivity contribution in [3.8, 4) is 0 Å². The highest BCUT2D eigenvalue weighted by Gasteiger charge is 2.53. The highest BCUT2D eigenvalue weighted by atomic mass is 28.4. The first-order valence-electron chi connectivity index (χ1n) is 10.1. The van der Waals surface area contributed by atoms with Crippen molar-refractivity contribution in [1.82, 2.24) is 0 Å². The third kappa shape index (κ3) is 4.82. The highest BCUT2D eigenvalue weighted by Crippen LogP contribution is 2.45. The van der Waals surface area contributed by atoms with E-state index in [9.17, 15) is 9.90 Å². The van der Waals surface area contributed by atoms with Crippen LogP contribution in [0.2, 0.25) is 18.1 Å². The topological polar surface area (TPSA) is 55.8 Å². The van der Waals surface area contributed by atoms with Crippen molar-refractivity contribution in [3.63, 3.8) is 0 Å². The van der Waals surface area contributed by atoms with Gasteiger partial charge in [-0.05, 0) is 36.0 Å². The normalized spacial score (nSPS) is 31.4. The van der Waals surface area contributed by atoms with Gasteiger partial charge < -0.3 is 19.1 Å². The fraction of sp³-hybridized carbons (Fsp3) is 0.609. The van der Waals surface area contributed by atoms with Gasteiger partial charge in [-0.25, -0.2) is 0 Å². The Kier molecular flexibility index (Phi) is 7.08. The van der Waals surface area contributed by atoms with Crippen LogP contribution in [-0.4, -0.2) is 37.5 Å². The van der Waals surface area contributed by atoms with Gasteiger partial charge in [0, 0.05) is 5.92 Å². The summed E-state index contributed by atoms with van der Waals surface area (Å²) < 4.78 is 13.1. The first-order chi connectivity index (χ1) is 12.9. The lowest BCUT2D eigenvalue weighted by molar-refractivity contribution is -0.175. The minimum Gasteiger partial charge on any atom is -0.411 e. The maximum atomic E-state index is 11.8. The van der Waals surface area contributed by atoms with Gasteiger partial charge >= 0.3 is 0 Å². The summed E-state index contributed by atoms with van der Waals surface area (Å²) in [4.78, 5) is 11.8. The van der Waals surface area contributed by atoms with E-state index in [-0.39, 0.29) is 17.1 Å². The largest absolute Gasteiger partial charge is 0.411 e. The van der Waals surface area contributed by atoms with E-state index in [2.05, 4.69) is 40.4 Å².